The molecule has 0 spiro atoms. The fourth-order valence-corrected chi connectivity index (χ4v) is 2.20. The van der Waals surface area contributed by atoms with Crippen molar-refractivity contribution in [1.29, 1.82) is 0 Å². The highest BCUT2D eigenvalue weighted by atomic mass is 17.2. The van der Waals surface area contributed by atoms with E-state index >= 15 is 0 Å². The standard InChI is InChI=1S/C9H16O2/c1-7-6-8-4-2-3-5-9(8)11-10-7/h7-9H,2-6H2,1H3. The largest absolute Gasteiger partial charge is 0.233 e. The summed E-state index contributed by atoms with van der Waals surface area (Å²) in [5.74, 6) is 0.785. The van der Waals surface area contributed by atoms with Crippen molar-refractivity contribution >= 4 is 0 Å². The summed E-state index contributed by atoms with van der Waals surface area (Å²) in [6, 6.07) is 0. The minimum atomic E-state index is 0.314. The molecule has 1 aliphatic carbocycles. The molecule has 3 unspecified atom stereocenters. The summed E-state index contributed by atoms with van der Waals surface area (Å²) >= 11 is 0. The minimum Gasteiger partial charge on any atom is -0.233 e. The molecule has 2 rings (SSSR count). The highest BCUT2D eigenvalue weighted by Crippen LogP contribution is 2.34. The molecule has 2 aliphatic rings. The van der Waals surface area contributed by atoms with E-state index in [1.54, 1.807) is 0 Å². The second-order valence-electron chi connectivity index (χ2n) is 3.82. The van der Waals surface area contributed by atoms with Crippen LogP contribution in [0.3, 0.4) is 0 Å². The highest BCUT2D eigenvalue weighted by molar-refractivity contribution is 4.78. The van der Waals surface area contributed by atoms with Gasteiger partial charge < -0.3 is 0 Å². The fraction of sp³-hybridized carbons (Fsp3) is 1.00. The molecule has 0 aromatic rings. The quantitative estimate of drug-likeness (QED) is 0.501. The van der Waals surface area contributed by atoms with Crippen LogP contribution in [0, 0.1) is 5.92 Å². The second-order valence-corrected chi connectivity index (χ2v) is 3.82. The first-order chi connectivity index (χ1) is 5.36. The SMILES string of the molecule is CC1CC2CCCCC2OO1. The molecule has 1 saturated heterocycles. The van der Waals surface area contributed by atoms with Gasteiger partial charge >= 0.3 is 0 Å². The maximum absolute atomic E-state index is 5.29. The Labute approximate surface area is 67.8 Å². The molecule has 2 fully saturated rings. The van der Waals surface area contributed by atoms with Crippen molar-refractivity contribution in [1.82, 2.24) is 0 Å². The van der Waals surface area contributed by atoms with E-state index in [2.05, 4.69) is 6.92 Å². The van der Waals surface area contributed by atoms with Crippen LogP contribution in [-0.4, -0.2) is 12.2 Å². The molecule has 0 aromatic carbocycles. The van der Waals surface area contributed by atoms with E-state index in [9.17, 15) is 0 Å². The van der Waals surface area contributed by atoms with Crippen LogP contribution in [0.15, 0.2) is 0 Å². The molecule has 2 nitrogen and oxygen atoms in total. The Hall–Kier alpha value is -0.0800. The van der Waals surface area contributed by atoms with E-state index in [0.29, 0.717) is 12.2 Å². The minimum absolute atomic E-state index is 0.314. The van der Waals surface area contributed by atoms with Crippen LogP contribution in [0.4, 0.5) is 0 Å². The number of hydrogen-bond acceptors (Lipinski definition) is 2. The van der Waals surface area contributed by atoms with E-state index in [1.807, 2.05) is 0 Å². The average molecular weight is 156 g/mol. The second kappa shape index (κ2) is 3.11. The zero-order chi connectivity index (χ0) is 7.68. The van der Waals surface area contributed by atoms with Gasteiger partial charge in [0.1, 0.15) is 0 Å². The Balaban J connectivity index is 1.93. The van der Waals surface area contributed by atoms with Gasteiger partial charge in [0, 0.05) is 0 Å². The van der Waals surface area contributed by atoms with Crippen LogP contribution in [0.2, 0.25) is 0 Å². The third-order valence-electron chi connectivity index (χ3n) is 2.82. The van der Waals surface area contributed by atoms with Gasteiger partial charge in [-0.15, -0.1) is 0 Å². The first-order valence-corrected chi connectivity index (χ1v) is 4.68. The maximum atomic E-state index is 5.29. The van der Waals surface area contributed by atoms with Gasteiger partial charge in [0.15, 0.2) is 0 Å². The fourth-order valence-electron chi connectivity index (χ4n) is 2.20. The topological polar surface area (TPSA) is 18.5 Å². The Bertz CT molecular complexity index is 136. The molecule has 0 N–H and O–H groups in total. The molecule has 0 amide bonds. The Morgan fingerprint density at radius 3 is 2.82 bits per heavy atom. The normalized spacial score (nSPS) is 45.0. The van der Waals surface area contributed by atoms with Crippen LogP contribution in [-0.2, 0) is 9.78 Å². The van der Waals surface area contributed by atoms with Gasteiger partial charge in [0.2, 0.25) is 0 Å². The van der Waals surface area contributed by atoms with E-state index < -0.39 is 0 Å². The number of hydrogen-bond donors (Lipinski definition) is 0. The van der Waals surface area contributed by atoms with E-state index in [4.69, 9.17) is 9.78 Å². The molecule has 1 saturated carbocycles. The molecule has 2 heteroatoms. The van der Waals surface area contributed by atoms with Crippen molar-refractivity contribution in [3.63, 3.8) is 0 Å². The van der Waals surface area contributed by atoms with Crippen LogP contribution in [0.1, 0.15) is 39.0 Å². The monoisotopic (exact) mass is 156 g/mol. The molecule has 1 aliphatic heterocycles. The third-order valence-corrected chi connectivity index (χ3v) is 2.82. The molecule has 1 heterocycles. The molecule has 64 valence electrons. The van der Waals surface area contributed by atoms with Gasteiger partial charge in [-0.1, -0.05) is 12.8 Å². The predicted octanol–water partition coefficient (Wildman–Crippen LogP) is 2.29. The van der Waals surface area contributed by atoms with Crippen molar-refractivity contribution in [2.75, 3.05) is 0 Å². The molecule has 0 aromatic heterocycles. The molecule has 3 atom stereocenters. The molecular formula is C9H16O2. The van der Waals surface area contributed by atoms with Crippen LogP contribution in [0.25, 0.3) is 0 Å². The molecule has 0 bridgehead atoms. The lowest BCUT2D eigenvalue weighted by atomic mass is 9.83. The van der Waals surface area contributed by atoms with Gasteiger partial charge in [0.05, 0.1) is 12.2 Å². The summed E-state index contributed by atoms with van der Waals surface area (Å²) in [6.07, 6.45) is 7.19. The Morgan fingerprint density at radius 2 is 1.91 bits per heavy atom. The van der Waals surface area contributed by atoms with Gasteiger partial charge in [-0.05, 0) is 32.1 Å². The van der Waals surface area contributed by atoms with Crippen molar-refractivity contribution < 1.29 is 9.78 Å². The van der Waals surface area contributed by atoms with Crippen molar-refractivity contribution in [2.24, 2.45) is 5.92 Å². The summed E-state index contributed by atoms with van der Waals surface area (Å²) in [5.41, 5.74) is 0. The Morgan fingerprint density at radius 1 is 1.09 bits per heavy atom. The van der Waals surface area contributed by atoms with E-state index in [1.165, 1.54) is 32.1 Å². The lowest BCUT2D eigenvalue weighted by Gasteiger charge is -2.36. The van der Waals surface area contributed by atoms with E-state index in [-0.39, 0.29) is 0 Å². The van der Waals surface area contributed by atoms with Crippen LogP contribution < -0.4 is 0 Å². The smallest absolute Gasteiger partial charge is 0.0959 e. The number of fused-ring (bicyclic) bond motifs is 1. The summed E-state index contributed by atoms with van der Waals surface area (Å²) in [4.78, 5) is 10.4. The maximum Gasteiger partial charge on any atom is 0.0959 e. The summed E-state index contributed by atoms with van der Waals surface area (Å²) in [5, 5.41) is 0. The zero-order valence-corrected chi connectivity index (χ0v) is 7.08. The van der Waals surface area contributed by atoms with Crippen LogP contribution in [0.5, 0.6) is 0 Å². The van der Waals surface area contributed by atoms with Crippen molar-refractivity contribution in [3.8, 4) is 0 Å². The first-order valence-electron chi connectivity index (χ1n) is 4.68. The molecule has 11 heavy (non-hydrogen) atoms. The predicted molar refractivity (Wildman–Crippen MR) is 42.0 cm³/mol. The Kier molecular flexibility index (Phi) is 2.14. The number of rotatable bonds is 0. The third kappa shape index (κ3) is 1.57. The van der Waals surface area contributed by atoms with E-state index in [0.717, 1.165) is 5.92 Å². The van der Waals surface area contributed by atoms with Gasteiger partial charge in [0.25, 0.3) is 0 Å². The molecular weight excluding hydrogens is 140 g/mol. The average Bonchev–Trinajstić information content (AvgIpc) is 2.04. The summed E-state index contributed by atoms with van der Waals surface area (Å²) < 4.78 is 0. The lowest BCUT2D eigenvalue weighted by Crippen LogP contribution is -2.36. The van der Waals surface area contributed by atoms with Crippen LogP contribution >= 0.6 is 0 Å². The first kappa shape index (κ1) is 7.56. The van der Waals surface area contributed by atoms with Gasteiger partial charge in [-0.2, -0.15) is 0 Å². The summed E-state index contributed by atoms with van der Waals surface area (Å²) in [6.45, 7) is 2.09. The summed E-state index contributed by atoms with van der Waals surface area (Å²) in [7, 11) is 0. The zero-order valence-electron chi connectivity index (χ0n) is 7.08. The highest BCUT2D eigenvalue weighted by Gasteiger charge is 2.32. The van der Waals surface area contributed by atoms with Crippen molar-refractivity contribution in [2.45, 2.75) is 51.2 Å². The van der Waals surface area contributed by atoms with Gasteiger partial charge in [-0.25, -0.2) is 9.78 Å². The molecule has 0 radical (unpaired) electrons. The van der Waals surface area contributed by atoms with Crippen molar-refractivity contribution in [3.05, 3.63) is 0 Å². The van der Waals surface area contributed by atoms with Gasteiger partial charge in [-0.3, -0.25) is 0 Å². The lowest BCUT2D eigenvalue weighted by molar-refractivity contribution is -0.386.